The molecule has 0 aliphatic carbocycles. The number of nitrogens with zero attached hydrogens (tertiary/aromatic N) is 2. The lowest BCUT2D eigenvalue weighted by Crippen LogP contribution is -2.35. The van der Waals surface area contributed by atoms with Crippen LogP contribution in [0.2, 0.25) is 0 Å². The van der Waals surface area contributed by atoms with Crippen molar-refractivity contribution in [3.05, 3.63) is 11.9 Å². The molecule has 0 radical (unpaired) electrons. The number of anilines is 2. The number of hydrogen-bond acceptors (Lipinski definition) is 5. The van der Waals surface area contributed by atoms with Crippen LogP contribution in [0.4, 0.5) is 11.6 Å². The van der Waals surface area contributed by atoms with Crippen LogP contribution in [0.25, 0.3) is 0 Å². The smallest absolute Gasteiger partial charge is 0.138 e. The third-order valence-electron chi connectivity index (χ3n) is 2.81. The lowest BCUT2D eigenvalue weighted by atomic mass is 9.95. The molecule has 20 heavy (non-hydrogen) atoms. The van der Waals surface area contributed by atoms with E-state index in [2.05, 4.69) is 48.3 Å². The van der Waals surface area contributed by atoms with Gasteiger partial charge in [-0.3, -0.25) is 0 Å². The molecule has 5 heteroatoms. The van der Waals surface area contributed by atoms with Gasteiger partial charge in [-0.25, -0.2) is 9.97 Å². The first kappa shape index (κ1) is 16.7. The Kier molecular flexibility index (Phi) is 5.34. The summed E-state index contributed by atoms with van der Waals surface area (Å²) in [5.41, 5.74) is -0.533. The zero-order valence-corrected chi connectivity index (χ0v) is 13.5. The molecule has 0 aromatic carbocycles. The first-order chi connectivity index (χ1) is 9.18. The van der Waals surface area contributed by atoms with Gasteiger partial charge in [0, 0.05) is 18.0 Å². The highest BCUT2D eigenvalue weighted by Gasteiger charge is 2.22. The van der Waals surface area contributed by atoms with Crippen LogP contribution in [0.3, 0.4) is 0 Å². The fourth-order valence-electron chi connectivity index (χ4n) is 1.58. The maximum atomic E-state index is 9.37. The predicted octanol–water partition coefficient (Wildman–Crippen LogP) is 2.78. The first-order valence-electron chi connectivity index (χ1n) is 7.20. The number of aromatic nitrogens is 2. The topological polar surface area (TPSA) is 70.1 Å². The SMILES string of the molecule is CCCNc1cc(NC(C)(C)CO)nc(C(C)(C)C)n1. The van der Waals surface area contributed by atoms with Gasteiger partial charge in [-0.05, 0) is 20.3 Å². The first-order valence-corrected chi connectivity index (χ1v) is 7.20. The van der Waals surface area contributed by atoms with E-state index in [1.54, 1.807) is 0 Å². The lowest BCUT2D eigenvalue weighted by Gasteiger charge is -2.26. The second kappa shape index (κ2) is 6.39. The van der Waals surface area contributed by atoms with E-state index in [4.69, 9.17) is 0 Å². The Hall–Kier alpha value is -1.36. The monoisotopic (exact) mass is 280 g/mol. The minimum absolute atomic E-state index is 0.0412. The van der Waals surface area contributed by atoms with E-state index in [0.717, 1.165) is 30.4 Å². The summed E-state index contributed by atoms with van der Waals surface area (Å²) in [6.07, 6.45) is 1.04. The van der Waals surface area contributed by atoms with Crippen LogP contribution < -0.4 is 10.6 Å². The molecule has 0 saturated carbocycles. The lowest BCUT2D eigenvalue weighted by molar-refractivity contribution is 0.234. The molecule has 0 spiro atoms. The second-order valence-electron chi connectivity index (χ2n) is 6.81. The molecule has 0 amide bonds. The quantitative estimate of drug-likeness (QED) is 0.747. The van der Waals surface area contributed by atoms with Crippen molar-refractivity contribution in [2.75, 3.05) is 23.8 Å². The zero-order chi connectivity index (χ0) is 15.4. The summed E-state index contributed by atoms with van der Waals surface area (Å²) in [6, 6.07) is 1.89. The molecule has 0 saturated heterocycles. The van der Waals surface area contributed by atoms with Crippen molar-refractivity contribution in [1.82, 2.24) is 9.97 Å². The van der Waals surface area contributed by atoms with Crippen LogP contribution >= 0.6 is 0 Å². The molecule has 1 heterocycles. The predicted molar refractivity (Wildman–Crippen MR) is 84.3 cm³/mol. The summed E-state index contributed by atoms with van der Waals surface area (Å²) < 4.78 is 0. The van der Waals surface area contributed by atoms with E-state index < -0.39 is 5.54 Å². The average Bonchev–Trinajstić information content (AvgIpc) is 2.34. The molecule has 1 rings (SSSR count). The van der Waals surface area contributed by atoms with Crippen molar-refractivity contribution in [3.63, 3.8) is 0 Å². The van der Waals surface area contributed by atoms with E-state index >= 15 is 0 Å². The number of hydrogen-bond donors (Lipinski definition) is 3. The molecular formula is C15H28N4O. The summed E-state index contributed by atoms with van der Waals surface area (Å²) in [4.78, 5) is 9.15. The summed E-state index contributed by atoms with van der Waals surface area (Å²) in [5.74, 6) is 2.35. The molecule has 0 bridgehead atoms. The number of nitrogens with one attached hydrogen (secondary N) is 2. The molecule has 114 valence electrons. The highest BCUT2D eigenvalue weighted by Crippen LogP contribution is 2.23. The van der Waals surface area contributed by atoms with Crippen LogP contribution in [0, 0.1) is 0 Å². The van der Waals surface area contributed by atoms with Gasteiger partial charge in [0.2, 0.25) is 0 Å². The molecule has 0 unspecified atom stereocenters. The standard InChI is InChI=1S/C15H28N4O/c1-7-8-16-11-9-12(19-15(5,6)10-20)18-13(17-11)14(2,3)4/h9,20H,7-8,10H2,1-6H3,(H2,16,17,18,19). The number of aliphatic hydroxyl groups excluding tert-OH is 1. The Labute approximate surface area is 122 Å². The van der Waals surface area contributed by atoms with Gasteiger partial charge in [0.05, 0.1) is 12.1 Å². The zero-order valence-electron chi connectivity index (χ0n) is 13.5. The minimum atomic E-state index is -0.411. The highest BCUT2D eigenvalue weighted by molar-refractivity contribution is 5.49. The number of rotatable bonds is 6. The Morgan fingerprint density at radius 3 is 2.20 bits per heavy atom. The summed E-state index contributed by atoms with van der Waals surface area (Å²) in [5, 5.41) is 15.9. The normalized spacial score (nSPS) is 12.3. The van der Waals surface area contributed by atoms with Gasteiger partial charge in [-0.1, -0.05) is 27.7 Å². The van der Waals surface area contributed by atoms with Crippen LogP contribution in [-0.2, 0) is 5.41 Å². The molecular weight excluding hydrogens is 252 g/mol. The second-order valence-corrected chi connectivity index (χ2v) is 6.81. The van der Waals surface area contributed by atoms with E-state index in [9.17, 15) is 5.11 Å². The van der Waals surface area contributed by atoms with Gasteiger partial charge in [0.15, 0.2) is 0 Å². The Bertz CT molecular complexity index is 438. The van der Waals surface area contributed by atoms with Crippen molar-refractivity contribution < 1.29 is 5.11 Å². The van der Waals surface area contributed by atoms with Crippen molar-refractivity contribution in [2.24, 2.45) is 0 Å². The van der Waals surface area contributed by atoms with Crippen molar-refractivity contribution in [3.8, 4) is 0 Å². The minimum Gasteiger partial charge on any atom is -0.394 e. The maximum Gasteiger partial charge on any atom is 0.138 e. The van der Waals surface area contributed by atoms with Crippen molar-refractivity contribution in [2.45, 2.75) is 58.9 Å². The van der Waals surface area contributed by atoms with E-state index in [1.807, 2.05) is 19.9 Å². The Morgan fingerprint density at radius 2 is 1.70 bits per heavy atom. The molecule has 0 atom stereocenters. The van der Waals surface area contributed by atoms with E-state index in [1.165, 1.54) is 0 Å². The molecule has 0 aliphatic heterocycles. The fourth-order valence-corrected chi connectivity index (χ4v) is 1.58. The average molecular weight is 280 g/mol. The molecule has 3 N–H and O–H groups in total. The molecule has 1 aromatic heterocycles. The molecule has 5 nitrogen and oxygen atoms in total. The van der Waals surface area contributed by atoms with Gasteiger partial charge >= 0.3 is 0 Å². The third kappa shape index (κ3) is 4.96. The van der Waals surface area contributed by atoms with E-state index in [-0.39, 0.29) is 12.0 Å². The summed E-state index contributed by atoms with van der Waals surface area (Å²) >= 11 is 0. The van der Waals surface area contributed by atoms with Gasteiger partial charge < -0.3 is 15.7 Å². The molecule has 1 aromatic rings. The van der Waals surface area contributed by atoms with Gasteiger partial charge in [0.1, 0.15) is 17.5 Å². The van der Waals surface area contributed by atoms with Gasteiger partial charge in [-0.2, -0.15) is 0 Å². The van der Waals surface area contributed by atoms with Crippen LogP contribution in [0.1, 0.15) is 53.8 Å². The third-order valence-corrected chi connectivity index (χ3v) is 2.81. The number of aliphatic hydroxyl groups is 1. The molecule has 0 fully saturated rings. The van der Waals surface area contributed by atoms with Gasteiger partial charge in [0.25, 0.3) is 0 Å². The maximum absolute atomic E-state index is 9.37. The van der Waals surface area contributed by atoms with Gasteiger partial charge in [-0.15, -0.1) is 0 Å². The van der Waals surface area contributed by atoms with Crippen LogP contribution in [0.5, 0.6) is 0 Å². The summed E-state index contributed by atoms with van der Waals surface area (Å²) in [7, 11) is 0. The van der Waals surface area contributed by atoms with Crippen LogP contribution in [0.15, 0.2) is 6.07 Å². The van der Waals surface area contributed by atoms with Crippen molar-refractivity contribution in [1.29, 1.82) is 0 Å². The highest BCUT2D eigenvalue weighted by atomic mass is 16.3. The molecule has 0 aliphatic rings. The fraction of sp³-hybridized carbons (Fsp3) is 0.733. The largest absolute Gasteiger partial charge is 0.394 e. The van der Waals surface area contributed by atoms with Crippen LogP contribution in [-0.4, -0.2) is 33.8 Å². The van der Waals surface area contributed by atoms with E-state index in [0.29, 0.717) is 0 Å². The summed E-state index contributed by atoms with van der Waals surface area (Å²) in [6.45, 7) is 13.2. The Morgan fingerprint density at radius 1 is 1.10 bits per heavy atom. The van der Waals surface area contributed by atoms with Crippen molar-refractivity contribution >= 4 is 11.6 Å². The Balaban J connectivity index is 3.10.